The maximum atomic E-state index is 11.9. The fourth-order valence-corrected chi connectivity index (χ4v) is 4.11. The van der Waals surface area contributed by atoms with Crippen molar-refractivity contribution >= 4 is 17.6 Å². The minimum atomic E-state index is -0.278. The number of carbonyl (C=O) groups is 2. The monoisotopic (exact) mass is 315 g/mol. The van der Waals surface area contributed by atoms with Gasteiger partial charge in [-0.15, -0.1) is 0 Å². The third kappa shape index (κ3) is 4.12. The Labute approximate surface area is 137 Å². The van der Waals surface area contributed by atoms with Gasteiger partial charge in [-0.05, 0) is 61.1 Å². The third-order valence-electron chi connectivity index (χ3n) is 5.30. The maximum Gasteiger partial charge on any atom is 0.306 e. The molecule has 0 saturated heterocycles. The van der Waals surface area contributed by atoms with Gasteiger partial charge >= 0.3 is 5.97 Å². The Kier molecular flexibility index (Phi) is 4.99. The van der Waals surface area contributed by atoms with Gasteiger partial charge in [-0.3, -0.25) is 9.59 Å². The van der Waals surface area contributed by atoms with Crippen LogP contribution >= 0.6 is 0 Å². The zero-order chi connectivity index (χ0) is 16.2. The summed E-state index contributed by atoms with van der Waals surface area (Å²) in [6, 6.07) is 7.71. The first-order valence-corrected chi connectivity index (χ1v) is 8.68. The molecule has 0 unspecified atom stereocenters. The molecule has 2 fully saturated rings. The molecule has 0 radical (unpaired) electrons. The molecule has 3 rings (SSSR count). The van der Waals surface area contributed by atoms with Crippen LogP contribution in [-0.2, 0) is 20.7 Å². The molecular weight excluding hydrogens is 290 g/mol. The van der Waals surface area contributed by atoms with E-state index in [1.54, 1.807) is 0 Å². The van der Waals surface area contributed by atoms with Crippen LogP contribution in [0.2, 0.25) is 0 Å². The number of carbonyl (C=O) groups excluding carboxylic acids is 2. The Hall–Kier alpha value is -1.84. The highest BCUT2D eigenvalue weighted by Crippen LogP contribution is 2.49. The highest BCUT2D eigenvalue weighted by atomic mass is 16.5. The van der Waals surface area contributed by atoms with Crippen molar-refractivity contribution in [2.75, 3.05) is 11.9 Å². The van der Waals surface area contributed by atoms with E-state index in [1.165, 1.54) is 19.3 Å². The van der Waals surface area contributed by atoms with Crippen LogP contribution in [0.3, 0.4) is 0 Å². The van der Waals surface area contributed by atoms with Gasteiger partial charge in [-0.2, -0.15) is 0 Å². The van der Waals surface area contributed by atoms with Crippen LogP contribution in [0, 0.1) is 17.8 Å². The molecule has 2 bridgehead atoms. The molecule has 23 heavy (non-hydrogen) atoms. The lowest BCUT2D eigenvalue weighted by atomic mass is 9.86. The summed E-state index contributed by atoms with van der Waals surface area (Å²) in [5.74, 6) is 1.50. The summed E-state index contributed by atoms with van der Waals surface area (Å²) in [4.78, 5) is 23.8. The lowest BCUT2D eigenvalue weighted by molar-refractivity contribution is -0.148. The quantitative estimate of drug-likeness (QED) is 0.817. The molecule has 0 aromatic heterocycles. The predicted octanol–water partition coefficient (Wildman–Crippen LogP) is 3.56. The summed E-state index contributed by atoms with van der Waals surface area (Å²) in [5, 5.41) is 2.78. The van der Waals surface area contributed by atoms with E-state index >= 15 is 0 Å². The van der Waals surface area contributed by atoms with Crippen LogP contribution in [0.15, 0.2) is 24.3 Å². The van der Waals surface area contributed by atoms with Gasteiger partial charge in [0.05, 0.1) is 0 Å². The van der Waals surface area contributed by atoms with Crippen LogP contribution in [0.1, 0.15) is 44.6 Å². The van der Waals surface area contributed by atoms with E-state index in [-0.39, 0.29) is 18.5 Å². The SMILES string of the molecule is CCc1cccc(NC(=O)COC(=O)C[C@H]2C[C@@H]3CC[C@@H]2C3)c1. The van der Waals surface area contributed by atoms with Crippen LogP contribution in [-0.4, -0.2) is 18.5 Å². The Morgan fingerprint density at radius 3 is 2.83 bits per heavy atom. The van der Waals surface area contributed by atoms with E-state index in [1.807, 2.05) is 24.3 Å². The fraction of sp³-hybridized carbons (Fsp3) is 0.579. The van der Waals surface area contributed by atoms with Gasteiger partial charge in [0.1, 0.15) is 0 Å². The number of hydrogen-bond acceptors (Lipinski definition) is 3. The smallest absolute Gasteiger partial charge is 0.306 e. The van der Waals surface area contributed by atoms with Crippen molar-refractivity contribution in [2.45, 2.75) is 45.4 Å². The van der Waals surface area contributed by atoms with Crippen LogP contribution in [0.25, 0.3) is 0 Å². The van der Waals surface area contributed by atoms with Gasteiger partial charge in [0, 0.05) is 12.1 Å². The molecule has 1 amide bonds. The van der Waals surface area contributed by atoms with E-state index in [0.29, 0.717) is 18.3 Å². The zero-order valence-corrected chi connectivity index (χ0v) is 13.7. The second-order valence-electron chi connectivity index (χ2n) is 6.90. The molecule has 1 N–H and O–H groups in total. The molecule has 0 aliphatic heterocycles. The number of esters is 1. The van der Waals surface area contributed by atoms with Gasteiger partial charge < -0.3 is 10.1 Å². The largest absolute Gasteiger partial charge is 0.456 e. The average molecular weight is 315 g/mol. The van der Waals surface area contributed by atoms with E-state index < -0.39 is 0 Å². The molecule has 124 valence electrons. The van der Waals surface area contributed by atoms with Crippen molar-refractivity contribution in [2.24, 2.45) is 17.8 Å². The minimum absolute atomic E-state index is 0.198. The van der Waals surface area contributed by atoms with Crippen LogP contribution in [0.5, 0.6) is 0 Å². The number of hydrogen-bond donors (Lipinski definition) is 1. The number of benzene rings is 1. The van der Waals surface area contributed by atoms with Gasteiger partial charge in [0.2, 0.25) is 0 Å². The molecular formula is C19H25NO3. The number of ether oxygens (including phenoxy) is 1. The summed E-state index contributed by atoms with van der Waals surface area (Å²) in [6.45, 7) is 1.87. The molecule has 1 aromatic carbocycles. The van der Waals surface area contributed by atoms with Crippen molar-refractivity contribution in [3.63, 3.8) is 0 Å². The van der Waals surface area contributed by atoms with Crippen LogP contribution < -0.4 is 5.32 Å². The zero-order valence-electron chi connectivity index (χ0n) is 13.7. The highest BCUT2D eigenvalue weighted by molar-refractivity contribution is 5.92. The Bertz CT molecular complexity index is 584. The highest BCUT2D eigenvalue weighted by Gasteiger charge is 2.40. The van der Waals surface area contributed by atoms with Gasteiger partial charge in [-0.1, -0.05) is 25.5 Å². The Morgan fingerprint density at radius 2 is 2.13 bits per heavy atom. The first-order valence-electron chi connectivity index (χ1n) is 8.68. The topological polar surface area (TPSA) is 55.4 Å². The lowest BCUT2D eigenvalue weighted by Gasteiger charge is -2.20. The number of aryl methyl sites for hydroxylation is 1. The van der Waals surface area contributed by atoms with E-state index in [4.69, 9.17) is 4.74 Å². The Balaban J connectivity index is 1.40. The van der Waals surface area contributed by atoms with E-state index in [0.717, 1.165) is 30.0 Å². The van der Waals surface area contributed by atoms with Crippen LogP contribution in [0.4, 0.5) is 5.69 Å². The third-order valence-corrected chi connectivity index (χ3v) is 5.30. The first-order chi connectivity index (χ1) is 11.1. The summed E-state index contributed by atoms with van der Waals surface area (Å²) >= 11 is 0. The number of fused-ring (bicyclic) bond motifs is 2. The van der Waals surface area contributed by atoms with Gasteiger partial charge in [0.25, 0.3) is 5.91 Å². The molecule has 4 nitrogen and oxygen atoms in total. The van der Waals surface area contributed by atoms with Gasteiger partial charge in [-0.25, -0.2) is 0 Å². The number of rotatable bonds is 6. The summed E-state index contributed by atoms with van der Waals surface area (Å²) in [6.07, 6.45) is 6.43. The number of amides is 1. The molecule has 2 saturated carbocycles. The molecule has 4 heteroatoms. The van der Waals surface area contributed by atoms with E-state index in [9.17, 15) is 9.59 Å². The Morgan fingerprint density at radius 1 is 1.26 bits per heavy atom. The summed E-state index contributed by atoms with van der Waals surface area (Å²) in [5.41, 5.74) is 1.91. The number of nitrogens with one attached hydrogen (secondary N) is 1. The van der Waals surface area contributed by atoms with Crippen molar-refractivity contribution < 1.29 is 14.3 Å². The van der Waals surface area contributed by atoms with Crippen molar-refractivity contribution in [3.05, 3.63) is 29.8 Å². The summed E-state index contributed by atoms with van der Waals surface area (Å²) in [7, 11) is 0. The standard InChI is InChI=1S/C19H25NO3/c1-2-13-4-3-5-17(10-13)20-18(21)12-23-19(22)11-16-9-14-6-7-15(16)8-14/h3-5,10,14-16H,2,6-9,11-12H2,1H3,(H,20,21)/t14-,15-,16-/m1/s1. The molecule has 0 heterocycles. The molecule has 0 spiro atoms. The predicted molar refractivity (Wildman–Crippen MR) is 89.0 cm³/mol. The maximum absolute atomic E-state index is 11.9. The second-order valence-corrected chi connectivity index (χ2v) is 6.90. The fourth-order valence-electron chi connectivity index (χ4n) is 4.11. The molecule has 2 aliphatic rings. The normalized spacial score (nSPS) is 25.3. The first kappa shape index (κ1) is 16.0. The van der Waals surface area contributed by atoms with Crippen molar-refractivity contribution in [3.8, 4) is 0 Å². The average Bonchev–Trinajstić information content (AvgIpc) is 3.16. The molecule has 1 aromatic rings. The molecule has 2 aliphatic carbocycles. The van der Waals surface area contributed by atoms with E-state index in [2.05, 4.69) is 12.2 Å². The minimum Gasteiger partial charge on any atom is -0.456 e. The summed E-state index contributed by atoms with van der Waals surface area (Å²) < 4.78 is 5.15. The number of anilines is 1. The van der Waals surface area contributed by atoms with Crippen molar-refractivity contribution in [1.29, 1.82) is 0 Å². The van der Waals surface area contributed by atoms with Gasteiger partial charge in [0.15, 0.2) is 6.61 Å². The molecule has 3 atom stereocenters. The van der Waals surface area contributed by atoms with Crippen molar-refractivity contribution in [1.82, 2.24) is 0 Å². The lowest BCUT2D eigenvalue weighted by Crippen LogP contribution is -2.23. The second kappa shape index (κ2) is 7.16.